The Morgan fingerprint density at radius 1 is 0.857 bits per heavy atom. The molecule has 4 heteroatoms. The van der Waals surface area contributed by atoms with Crippen LogP contribution in [0.1, 0.15) is 35.1 Å². The Labute approximate surface area is 165 Å². The predicted octanol–water partition coefficient (Wildman–Crippen LogP) is 4.07. The van der Waals surface area contributed by atoms with E-state index in [1.165, 1.54) is 0 Å². The summed E-state index contributed by atoms with van der Waals surface area (Å²) in [7, 11) is 1.60. The molecule has 1 amide bonds. The fraction of sp³-hybridized carbons (Fsp3) is 0.208. The van der Waals surface area contributed by atoms with Gasteiger partial charge in [0.1, 0.15) is 5.75 Å². The van der Waals surface area contributed by atoms with Gasteiger partial charge in [0, 0.05) is 18.9 Å². The van der Waals surface area contributed by atoms with E-state index >= 15 is 0 Å². The number of nitrogens with one attached hydrogen (secondary N) is 1. The van der Waals surface area contributed by atoms with Gasteiger partial charge in [0.25, 0.3) is 0 Å². The molecule has 0 saturated carbocycles. The van der Waals surface area contributed by atoms with Crippen molar-refractivity contribution in [2.75, 3.05) is 13.7 Å². The molecule has 2 N–H and O–H groups in total. The molecule has 0 spiro atoms. The van der Waals surface area contributed by atoms with E-state index in [9.17, 15) is 9.90 Å². The van der Waals surface area contributed by atoms with Crippen molar-refractivity contribution in [3.05, 3.63) is 102 Å². The first-order valence-electron chi connectivity index (χ1n) is 9.36. The van der Waals surface area contributed by atoms with Gasteiger partial charge in [0.15, 0.2) is 0 Å². The van der Waals surface area contributed by atoms with Crippen molar-refractivity contribution in [2.45, 2.75) is 18.4 Å². The molecule has 0 saturated heterocycles. The number of carbonyl (C=O) groups excluding carboxylic acids is 1. The highest BCUT2D eigenvalue weighted by Crippen LogP contribution is 2.27. The summed E-state index contributed by atoms with van der Waals surface area (Å²) in [4.78, 5) is 12.6. The lowest BCUT2D eigenvalue weighted by Gasteiger charge is -2.19. The molecular formula is C24H25NO3. The average molecular weight is 375 g/mol. The minimum Gasteiger partial charge on any atom is -0.497 e. The van der Waals surface area contributed by atoms with E-state index in [0.29, 0.717) is 6.42 Å². The number of rotatable bonds is 8. The molecule has 3 rings (SSSR count). The highest BCUT2D eigenvalue weighted by Gasteiger charge is 2.18. The van der Waals surface area contributed by atoms with E-state index in [1.807, 2.05) is 60.7 Å². The van der Waals surface area contributed by atoms with E-state index in [1.54, 1.807) is 31.4 Å². The highest BCUT2D eigenvalue weighted by atomic mass is 16.5. The van der Waals surface area contributed by atoms with Crippen LogP contribution in [0.25, 0.3) is 0 Å². The van der Waals surface area contributed by atoms with E-state index in [-0.39, 0.29) is 18.4 Å². The monoisotopic (exact) mass is 375 g/mol. The zero-order valence-corrected chi connectivity index (χ0v) is 15.9. The summed E-state index contributed by atoms with van der Waals surface area (Å²) in [6, 6.07) is 27.2. The number of hydrogen-bond acceptors (Lipinski definition) is 3. The Hall–Kier alpha value is -3.11. The Balaban J connectivity index is 1.63. The second-order valence-corrected chi connectivity index (χ2v) is 6.67. The van der Waals surface area contributed by atoms with Crippen molar-refractivity contribution in [2.24, 2.45) is 0 Å². The van der Waals surface area contributed by atoms with Crippen LogP contribution in [-0.4, -0.2) is 24.7 Å². The van der Waals surface area contributed by atoms with Gasteiger partial charge in [-0.25, -0.2) is 0 Å². The van der Waals surface area contributed by atoms with Gasteiger partial charge in [0.2, 0.25) is 5.91 Å². The van der Waals surface area contributed by atoms with E-state index in [0.717, 1.165) is 22.4 Å². The molecule has 28 heavy (non-hydrogen) atoms. The topological polar surface area (TPSA) is 58.6 Å². The lowest BCUT2D eigenvalue weighted by atomic mass is 9.88. The van der Waals surface area contributed by atoms with Gasteiger partial charge >= 0.3 is 0 Å². The molecule has 0 aromatic heterocycles. The summed E-state index contributed by atoms with van der Waals surface area (Å²) in [5, 5.41) is 13.2. The SMILES string of the molecule is COc1ccc(C(O)CNC(=O)CC(c2ccccc2)c2ccccc2)cc1. The third-order valence-electron chi connectivity index (χ3n) is 4.79. The molecule has 3 aromatic carbocycles. The Kier molecular flexibility index (Phi) is 6.82. The van der Waals surface area contributed by atoms with Gasteiger partial charge in [-0.3, -0.25) is 4.79 Å². The number of carbonyl (C=O) groups is 1. The molecule has 0 aliphatic carbocycles. The van der Waals surface area contributed by atoms with Crippen molar-refractivity contribution < 1.29 is 14.6 Å². The predicted molar refractivity (Wildman–Crippen MR) is 110 cm³/mol. The number of methoxy groups -OCH3 is 1. The summed E-state index contributed by atoms with van der Waals surface area (Å²) in [6.45, 7) is 0.168. The number of hydrogen-bond donors (Lipinski definition) is 2. The number of aliphatic hydroxyl groups excluding tert-OH is 1. The zero-order chi connectivity index (χ0) is 19.8. The number of ether oxygens (including phenoxy) is 1. The highest BCUT2D eigenvalue weighted by molar-refractivity contribution is 5.77. The van der Waals surface area contributed by atoms with Crippen LogP contribution in [0.3, 0.4) is 0 Å². The maximum atomic E-state index is 12.6. The standard InChI is InChI=1S/C24H25NO3/c1-28-21-14-12-20(13-15-21)23(26)17-25-24(27)16-22(18-8-4-2-5-9-18)19-10-6-3-7-11-19/h2-15,22-23,26H,16-17H2,1H3,(H,25,27). The molecule has 0 aliphatic heterocycles. The fourth-order valence-electron chi connectivity index (χ4n) is 3.21. The minimum atomic E-state index is -0.762. The normalized spacial score (nSPS) is 11.8. The largest absolute Gasteiger partial charge is 0.497 e. The molecule has 1 atom stereocenters. The van der Waals surface area contributed by atoms with Crippen LogP contribution in [0.4, 0.5) is 0 Å². The summed E-state index contributed by atoms with van der Waals surface area (Å²) in [5.74, 6) is 0.611. The molecular weight excluding hydrogens is 350 g/mol. The number of amides is 1. The molecule has 3 aromatic rings. The third-order valence-corrected chi connectivity index (χ3v) is 4.79. The Bertz CT molecular complexity index is 824. The van der Waals surface area contributed by atoms with Gasteiger partial charge in [-0.1, -0.05) is 72.8 Å². The molecule has 0 aliphatic rings. The lowest BCUT2D eigenvalue weighted by molar-refractivity contribution is -0.121. The van der Waals surface area contributed by atoms with Gasteiger partial charge in [-0.05, 0) is 28.8 Å². The number of aliphatic hydroxyl groups is 1. The molecule has 144 valence electrons. The quantitative estimate of drug-likeness (QED) is 0.624. The Morgan fingerprint density at radius 3 is 1.89 bits per heavy atom. The first kappa shape index (κ1) is 19.6. The summed E-state index contributed by atoms with van der Waals surface area (Å²) >= 11 is 0. The van der Waals surface area contributed by atoms with Crippen molar-refractivity contribution in [3.8, 4) is 5.75 Å². The van der Waals surface area contributed by atoms with Crippen molar-refractivity contribution >= 4 is 5.91 Å². The first-order chi connectivity index (χ1) is 13.7. The maximum Gasteiger partial charge on any atom is 0.221 e. The summed E-state index contributed by atoms with van der Waals surface area (Å²) < 4.78 is 5.12. The van der Waals surface area contributed by atoms with Crippen LogP contribution in [0, 0.1) is 0 Å². The smallest absolute Gasteiger partial charge is 0.221 e. The van der Waals surface area contributed by atoms with Gasteiger partial charge in [-0.15, -0.1) is 0 Å². The van der Waals surface area contributed by atoms with E-state index in [2.05, 4.69) is 5.32 Å². The van der Waals surface area contributed by atoms with Crippen LogP contribution in [0.5, 0.6) is 5.75 Å². The second-order valence-electron chi connectivity index (χ2n) is 6.67. The van der Waals surface area contributed by atoms with Crippen molar-refractivity contribution in [1.29, 1.82) is 0 Å². The third kappa shape index (κ3) is 5.21. The van der Waals surface area contributed by atoms with E-state index < -0.39 is 6.10 Å². The van der Waals surface area contributed by atoms with Crippen LogP contribution in [0.2, 0.25) is 0 Å². The average Bonchev–Trinajstić information content (AvgIpc) is 2.77. The van der Waals surface area contributed by atoms with Crippen LogP contribution in [-0.2, 0) is 4.79 Å². The maximum absolute atomic E-state index is 12.6. The van der Waals surface area contributed by atoms with Crippen molar-refractivity contribution in [3.63, 3.8) is 0 Å². The second kappa shape index (κ2) is 9.72. The lowest BCUT2D eigenvalue weighted by Crippen LogP contribution is -2.29. The van der Waals surface area contributed by atoms with E-state index in [4.69, 9.17) is 4.74 Å². The zero-order valence-electron chi connectivity index (χ0n) is 15.9. The molecule has 4 nitrogen and oxygen atoms in total. The summed E-state index contributed by atoms with van der Waals surface area (Å²) in [6.07, 6.45) is -0.439. The molecule has 0 radical (unpaired) electrons. The fourth-order valence-corrected chi connectivity index (χ4v) is 3.21. The molecule has 0 bridgehead atoms. The van der Waals surface area contributed by atoms with Crippen LogP contribution in [0.15, 0.2) is 84.9 Å². The van der Waals surface area contributed by atoms with Gasteiger partial charge < -0.3 is 15.2 Å². The summed E-state index contributed by atoms with van der Waals surface area (Å²) in [5.41, 5.74) is 2.93. The van der Waals surface area contributed by atoms with Crippen LogP contribution >= 0.6 is 0 Å². The molecule has 0 fully saturated rings. The number of benzene rings is 3. The Morgan fingerprint density at radius 2 is 1.39 bits per heavy atom. The van der Waals surface area contributed by atoms with Crippen molar-refractivity contribution in [1.82, 2.24) is 5.32 Å². The molecule has 1 unspecified atom stereocenters. The van der Waals surface area contributed by atoms with Gasteiger partial charge in [0.05, 0.1) is 13.2 Å². The van der Waals surface area contributed by atoms with Gasteiger partial charge in [-0.2, -0.15) is 0 Å². The molecule has 0 heterocycles. The van der Waals surface area contributed by atoms with Crippen LogP contribution < -0.4 is 10.1 Å². The minimum absolute atomic E-state index is 0.0273. The first-order valence-corrected chi connectivity index (χ1v) is 9.36.